The van der Waals surface area contributed by atoms with Crippen molar-refractivity contribution in [3.05, 3.63) is 23.3 Å². The lowest BCUT2D eigenvalue weighted by Crippen LogP contribution is -2.53. The van der Waals surface area contributed by atoms with Gasteiger partial charge in [0.25, 0.3) is 0 Å². The number of fused-ring (bicyclic) bond motifs is 2. The predicted molar refractivity (Wildman–Crippen MR) is 148 cm³/mol. The SMILES string of the molecule is COc1cc(C)c(S(=O)(=O)N(C)CCOCC(=O)N2CCC(N(C)C3CC4CCC(C3)N4C)CC2)c(C)c1. The largest absolute Gasteiger partial charge is 0.497 e. The Morgan fingerprint density at radius 3 is 2.13 bits per heavy atom. The minimum Gasteiger partial charge on any atom is -0.497 e. The van der Waals surface area contributed by atoms with Crippen LogP contribution in [0.15, 0.2) is 17.0 Å². The summed E-state index contributed by atoms with van der Waals surface area (Å²) in [6.07, 6.45) is 7.18. The summed E-state index contributed by atoms with van der Waals surface area (Å²) < 4.78 is 38.5. The molecule has 3 aliphatic rings. The molecule has 38 heavy (non-hydrogen) atoms. The van der Waals surface area contributed by atoms with Crippen molar-refractivity contribution in [1.29, 1.82) is 0 Å². The summed E-state index contributed by atoms with van der Waals surface area (Å²) in [6, 6.07) is 6.09. The van der Waals surface area contributed by atoms with Crippen LogP contribution in [0.1, 0.15) is 49.7 Å². The van der Waals surface area contributed by atoms with Crippen LogP contribution in [-0.4, -0.2) is 119 Å². The van der Waals surface area contributed by atoms with Gasteiger partial charge in [-0.15, -0.1) is 0 Å². The molecule has 3 aliphatic heterocycles. The molecular formula is C28H46N4O5S. The average molecular weight is 551 g/mol. The number of hydrogen-bond donors (Lipinski definition) is 0. The zero-order valence-electron chi connectivity index (χ0n) is 24.0. The lowest BCUT2D eigenvalue weighted by atomic mass is 9.93. The lowest BCUT2D eigenvalue weighted by Gasteiger charge is -2.45. The van der Waals surface area contributed by atoms with E-state index in [1.807, 2.05) is 4.90 Å². The Morgan fingerprint density at radius 2 is 1.58 bits per heavy atom. The van der Waals surface area contributed by atoms with E-state index < -0.39 is 10.0 Å². The highest BCUT2D eigenvalue weighted by atomic mass is 32.2. The third-order valence-corrected chi connectivity index (χ3v) is 11.3. The van der Waals surface area contributed by atoms with Crippen LogP contribution >= 0.6 is 0 Å². The van der Waals surface area contributed by atoms with Gasteiger partial charge in [0.05, 0.1) is 18.6 Å². The number of hydrogen-bond acceptors (Lipinski definition) is 7. The Labute approximate surface area is 229 Å². The first-order valence-electron chi connectivity index (χ1n) is 13.9. The van der Waals surface area contributed by atoms with E-state index >= 15 is 0 Å². The van der Waals surface area contributed by atoms with Crippen LogP contribution in [-0.2, 0) is 19.6 Å². The van der Waals surface area contributed by atoms with Gasteiger partial charge in [-0.05, 0) is 89.7 Å². The molecule has 2 bridgehead atoms. The summed E-state index contributed by atoms with van der Waals surface area (Å²) in [7, 11) is 3.98. The van der Waals surface area contributed by atoms with Crippen molar-refractivity contribution in [2.75, 3.05) is 61.1 Å². The third-order valence-electron chi connectivity index (χ3n) is 9.16. The Kier molecular flexibility index (Phi) is 9.40. The van der Waals surface area contributed by atoms with E-state index in [4.69, 9.17) is 9.47 Å². The maximum atomic E-state index is 13.2. The second kappa shape index (κ2) is 12.2. The number of likely N-dealkylation sites (N-methyl/N-ethyl adjacent to an activating group) is 1. The molecule has 0 saturated carbocycles. The lowest BCUT2D eigenvalue weighted by molar-refractivity contribution is -0.137. The number of ether oxygens (including phenoxy) is 2. The molecule has 1 amide bonds. The molecule has 0 aromatic heterocycles. The van der Waals surface area contributed by atoms with Crippen LogP contribution in [0.2, 0.25) is 0 Å². The number of piperidine rings is 2. The van der Waals surface area contributed by atoms with E-state index in [1.54, 1.807) is 40.1 Å². The number of methoxy groups -OCH3 is 1. The van der Waals surface area contributed by atoms with Crippen LogP contribution in [0.3, 0.4) is 0 Å². The molecule has 9 nitrogen and oxygen atoms in total. The molecule has 0 radical (unpaired) electrons. The molecule has 3 heterocycles. The summed E-state index contributed by atoms with van der Waals surface area (Å²) >= 11 is 0. The molecule has 2 unspecified atom stereocenters. The molecule has 2 atom stereocenters. The smallest absolute Gasteiger partial charge is 0.248 e. The third kappa shape index (κ3) is 6.20. The summed E-state index contributed by atoms with van der Waals surface area (Å²) in [4.78, 5) is 20.1. The van der Waals surface area contributed by atoms with Gasteiger partial charge in [0.15, 0.2) is 0 Å². The van der Waals surface area contributed by atoms with Crippen LogP contribution in [0, 0.1) is 13.8 Å². The van der Waals surface area contributed by atoms with Crippen molar-refractivity contribution < 1.29 is 22.7 Å². The molecule has 214 valence electrons. The fraction of sp³-hybridized carbons (Fsp3) is 0.750. The number of carbonyl (C=O) groups is 1. The molecular weight excluding hydrogens is 504 g/mol. The molecule has 0 aliphatic carbocycles. The summed E-state index contributed by atoms with van der Waals surface area (Å²) in [6.45, 7) is 5.35. The Balaban J connectivity index is 1.19. The highest BCUT2D eigenvalue weighted by Crippen LogP contribution is 2.37. The van der Waals surface area contributed by atoms with Gasteiger partial charge >= 0.3 is 0 Å². The van der Waals surface area contributed by atoms with Gasteiger partial charge in [0.1, 0.15) is 12.4 Å². The number of amides is 1. The highest BCUT2D eigenvalue weighted by molar-refractivity contribution is 7.89. The van der Waals surface area contributed by atoms with Crippen molar-refractivity contribution in [2.45, 2.75) is 81.4 Å². The first-order valence-corrected chi connectivity index (χ1v) is 15.4. The van der Waals surface area contributed by atoms with Gasteiger partial charge in [-0.1, -0.05) is 0 Å². The number of rotatable bonds is 10. The zero-order valence-corrected chi connectivity index (χ0v) is 24.8. The Hall–Kier alpha value is -1.72. The van der Waals surface area contributed by atoms with E-state index in [1.165, 1.54) is 30.0 Å². The number of sulfonamides is 1. The number of benzene rings is 1. The number of likely N-dealkylation sites (tertiary alicyclic amines) is 1. The molecule has 1 aromatic rings. The van der Waals surface area contributed by atoms with Gasteiger partial charge in [-0.3, -0.25) is 4.79 Å². The number of carbonyl (C=O) groups excluding carboxylic acids is 1. The van der Waals surface area contributed by atoms with Crippen molar-refractivity contribution in [3.63, 3.8) is 0 Å². The molecule has 4 rings (SSSR count). The molecule has 3 fully saturated rings. The first-order chi connectivity index (χ1) is 18.0. The van der Waals surface area contributed by atoms with Gasteiger partial charge in [-0.25, -0.2) is 8.42 Å². The fourth-order valence-corrected chi connectivity index (χ4v) is 8.25. The highest BCUT2D eigenvalue weighted by Gasteiger charge is 2.41. The van der Waals surface area contributed by atoms with E-state index in [0.717, 1.165) is 38.0 Å². The van der Waals surface area contributed by atoms with Crippen molar-refractivity contribution >= 4 is 15.9 Å². The molecule has 10 heteroatoms. The second-order valence-corrected chi connectivity index (χ2v) is 13.4. The van der Waals surface area contributed by atoms with Crippen LogP contribution in [0.5, 0.6) is 5.75 Å². The first kappa shape index (κ1) is 29.3. The standard InChI is InChI=1S/C28H46N4O5S/c1-20-15-26(36-6)16-21(2)28(20)38(34,35)29(3)13-14-37-19-27(33)32-11-9-22(10-12-32)30(4)25-17-23-7-8-24(18-25)31(23)5/h15-16,22-25H,7-14,17-19H2,1-6H3. The fourth-order valence-electron chi connectivity index (χ4n) is 6.69. The van der Waals surface area contributed by atoms with Gasteiger partial charge in [0.2, 0.25) is 15.9 Å². The minimum absolute atomic E-state index is 0.0178. The van der Waals surface area contributed by atoms with E-state index in [-0.39, 0.29) is 30.6 Å². The predicted octanol–water partition coefficient (Wildman–Crippen LogP) is 2.50. The van der Waals surface area contributed by atoms with Crippen LogP contribution in [0.4, 0.5) is 0 Å². The van der Waals surface area contributed by atoms with E-state index in [2.05, 4.69) is 23.9 Å². The summed E-state index contributed by atoms with van der Waals surface area (Å²) in [5, 5.41) is 0. The van der Waals surface area contributed by atoms with Crippen LogP contribution in [0.25, 0.3) is 0 Å². The normalized spacial score (nSPS) is 24.9. The second-order valence-electron chi connectivity index (χ2n) is 11.4. The maximum Gasteiger partial charge on any atom is 0.248 e. The Morgan fingerprint density at radius 1 is 1.00 bits per heavy atom. The van der Waals surface area contributed by atoms with Crippen molar-refractivity contribution in [3.8, 4) is 5.75 Å². The number of aryl methyl sites for hydroxylation is 2. The van der Waals surface area contributed by atoms with Gasteiger partial charge < -0.3 is 24.2 Å². The van der Waals surface area contributed by atoms with Crippen molar-refractivity contribution in [1.82, 2.24) is 19.0 Å². The van der Waals surface area contributed by atoms with Crippen molar-refractivity contribution in [2.24, 2.45) is 0 Å². The molecule has 3 saturated heterocycles. The van der Waals surface area contributed by atoms with Gasteiger partial charge in [-0.2, -0.15) is 4.31 Å². The summed E-state index contributed by atoms with van der Waals surface area (Å²) in [5.41, 5.74) is 1.28. The topological polar surface area (TPSA) is 82.6 Å². The monoisotopic (exact) mass is 550 g/mol. The maximum absolute atomic E-state index is 13.2. The minimum atomic E-state index is -3.68. The molecule has 0 spiro atoms. The quantitative estimate of drug-likeness (QED) is 0.414. The average Bonchev–Trinajstić information content (AvgIpc) is 3.09. The zero-order chi connectivity index (χ0) is 27.6. The molecule has 1 aromatic carbocycles. The van der Waals surface area contributed by atoms with Gasteiger partial charge in [0, 0.05) is 50.8 Å². The summed E-state index contributed by atoms with van der Waals surface area (Å²) in [5.74, 6) is 0.614. The van der Waals surface area contributed by atoms with E-state index in [0.29, 0.717) is 29.0 Å². The molecule has 0 N–H and O–H groups in total. The van der Waals surface area contributed by atoms with E-state index in [9.17, 15) is 13.2 Å². The number of nitrogens with zero attached hydrogens (tertiary/aromatic N) is 4. The van der Waals surface area contributed by atoms with Crippen LogP contribution < -0.4 is 4.74 Å². The Bertz CT molecular complexity index is 1050.